The van der Waals surface area contributed by atoms with Gasteiger partial charge >= 0.3 is 0 Å². The van der Waals surface area contributed by atoms with Crippen LogP contribution in [0.1, 0.15) is 33.1 Å². The van der Waals surface area contributed by atoms with Gasteiger partial charge in [-0.05, 0) is 18.8 Å². The number of rotatable bonds is 4. The maximum Gasteiger partial charge on any atom is 0.155 e. The van der Waals surface area contributed by atoms with Gasteiger partial charge in [-0.25, -0.2) is 0 Å². The van der Waals surface area contributed by atoms with Crippen LogP contribution in [0.25, 0.3) is 0 Å². The summed E-state index contributed by atoms with van der Waals surface area (Å²) in [6.45, 7) is 5.26. The van der Waals surface area contributed by atoms with Gasteiger partial charge in [0.05, 0.1) is 6.61 Å². The molecule has 2 N–H and O–H groups in total. The molecule has 1 fully saturated rings. The first kappa shape index (κ1) is 10.7. The summed E-state index contributed by atoms with van der Waals surface area (Å²) in [5.41, 5.74) is 5.24. The summed E-state index contributed by atoms with van der Waals surface area (Å²) in [6.07, 6.45) is 2.21. The van der Waals surface area contributed by atoms with Crippen molar-refractivity contribution in [2.24, 2.45) is 11.7 Å². The van der Waals surface area contributed by atoms with E-state index < -0.39 is 5.54 Å². The Kier molecular flexibility index (Phi) is 3.45. The zero-order valence-electron chi connectivity index (χ0n) is 8.51. The number of ether oxygens (including phenoxy) is 1. The molecule has 0 aromatic heterocycles. The van der Waals surface area contributed by atoms with E-state index in [0.717, 1.165) is 6.42 Å². The molecule has 13 heavy (non-hydrogen) atoms. The van der Waals surface area contributed by atoms with E-state index in [-0.39, 0.29) is 5.78 Å². The zero-order chi connectivity index (χ0) is 9.90. The van der Waals surface area contributed by atoms with Gasteiger partial charge in [-0.15, -0.1) is 0 Å². The molecule has 1 rings (SSSR count). The molecule has 1 aliphatic heterocycles. The molecule has 0 aliphatic carbocycles. The third kappa shape index (κ3) is 2.78. The third-order valence-corrected chi connectivity index (χ3v) is 2.56. The van der Waals surface area contributed by atoms with Gasteiger partial charge in [-0.1, -0.05) is 13.8 Å². The molecule has 0 bridgehead atoms. The second-order valence-electron chi connectivity index (χ2n) is 4.31. The highest BCUT2D eigenvalue weighted by Crippen LogP contribution is 2.19. The Morgan fingerprint density at radius 3 is 2.77 bits per heavy atom. The number of hydrogen-bond donors (Lipinski definition) is 1. The van der Waals surface area contributed by atoms with E-state index in [4.69, 9.17) is 10.5 Å². The fraction of sp³-hybridized carbons (Fsp3) is 0.900. The molecular formula is C10H19NO2. The molecule has 0 amide bonds. The van der Waals surface area contributed by atoms with Gasteiger partial charge in [0, 0.05) is 13.0 Å². The van der Waals surface area contributed by atoms with Crippen LogP contribution in [0, 0.1) is 5.92 Å². The summed E-state index contributed by atoms with van der Waals surface area (Å²) < 4.78 is 5.14. The minimum Gasteiger partial charge on any atom is -0.379 e. The van der Waals surface area contributed by atoms with E-state index in [1.807, 2.05) is 0 Å². The zero-order valence-corrected chi connectivity index (χ0v) is 8.51. The van der Waals surface area contributed by atoms with Crippen LogP contribution in [0.5, 0.6) is 0 Å². The lowest BCUT2D eigenvalue weighted by Gasteiger charge is -2.20. The van der Waals surface area contributed by atoms with Gasteiger partial charge in [-0.2, -0.15) is 0 Å². The minimum absolute atomic E-state index is 0.165. The van der Waals surface area contributed by atoms with Crippen LogP contribution in [-0.2, 0) is 9.53 Å². The molecule has 3 heteroatoms. The van der Waals surface area contributed by atoms with Crippen molar-refractivity contribution in [2.45, 2.75) is 38.6 Å². The second-order valence-corrected chi connectivity index (χ2v) is 4.31. The minimum atomic E-state index is -0.672. The summed E-state index contributed by atoms with van der Waals surface area (Å²) in [7, 11) is 0. The highest BCUT2D eigenvalue weighted by molar-refractivity contribution is 5.88. The normalized spacial score (nSPS) is 28.3. The maximum absolute atomic E-state index is 11.7. The average molecular weight is 185 g/mol. The molecule has 1 saturated heterocycles. The largest absolute Gasteiger partial charge is 0.379 e. The SMILES string of the molecule is CC(C)CCC(=O)C1(N)CCOC1. The van der Waals surface area contributed by atoms with E-state index in [0.29, 0.717) is 32.0 Å². The van der Waals surface area contributed by atoms with Crippen molar-refractivity contribution in [1.29, 1.82) is 0 Å². The van der Waals surface area contributed by atoms with Crippen LogP contribution in [-0.4, -0.2) is 24.5 Å². The molecule has 76 valence electrons. The molecule has 0 spiro atoms. The molecule has 0 aromatic rings. The maximum atomic E-state index is 11.7. The Balaban J connectivity index is 2.38. The van der Waals surface area contributed by atoms with Crippen molar-refractivity contribution in [3.8, 4) is 0 Å². The summed E-state index contributed by atoms with van der Waals surface area (Å²) in [5, 5.41) is 0. The Bertz CT molecular complexity index is 183. The topological polar surface area (TPSA) is 52.3 Å². The smallest absolute Gasteiger partial charge is 0.155 e. The molecule has 1 unspecified atom stereocenters. The predicted molar refractivity (Wildman–Crippen MR) is 51.4 cm³/mol. The van der Waals surface area contributed by atoms with E-state index in [2.05, 4.69) is 13.8 Å². The van der Waals surface area contributed by atoms with E-state index in [1.54, 1.807) is 0 Å². The summed E-state index contributed by atoms with van der Waals surface area (Å²) >= 11 is 0. The van der Waals surface area contributed by atoms with E-state index in [9.17, 15) is 4.79 Å². The number of ketones is 1. The average Bonchev–Trinajstić information content (AvgIpc) is 2.49. The first-order valence-corrected chi connectivity index (χ1v) is 4.94. The Hall–Kier alpha value is -0.410. The van der Waals surface area contributed by atoms with E-state index in [1.165, 1.54) is 0 Å². The van der Waals surface area contributed by atoms with E-state index >= 15 is 0 Å². The van der Waals surface area contributed by atoms with Crippen molar-refractivity contribution in [1.82, 2.24) is 0 Å². The highest BCUT2D eigenvalue weighted by atomic mass is 16.5. The fourth-order valence-electron chi connectivity index (χ4n) is 1.47. The van der Waals surface area contributed by atoms with Gasteiger partial charge in [0.15, 0.2) is 5.78 Å². The van der Waals surface area contributed by atoms with Crippen LogP contribution >= 0.6 is 0 Å². The number of carbonyl (C=O) groups excluding carboxylic acids is 1. The van der Waals surface area contributed by atoms with Crippen LogP contribution in [0.3, 0.4) is 0 Å². The Labute approximate surface area is 79.6 Å². The molecule has 3 nitrogen and oxygen atoms in total. The standard InChI is InChI=1S/C10H19NO2/c1-8(2)3-4-9(12)10(11)5-6-13-7-10/h8H,3-7,11H2,1-2H3. The lowest BCUT2D eigenvalue weighted by Crippen LogP contribution is -2.48. The van der Waals surface area contributed by atoms with Gasteiger partial charge in [0.25, 0.3) is 0 Å². The lowest BCUT2D eigenvalue weighted by molar-refractivity contribution is -0.124. The highest BCUT2D eigenvalue weighted by Gasteiger charge is 2.37. The molecule has 0 radical (unpaired) electrons. The van der Waals surface area contributed by atoms with Crippen molar-refractivity contribution >= 4 is 5.78 Å². The van der Waals surface area contributed by atoms with Crippen LogP contribution in [0.2, 0.25) is 0 Å². The number of carbonyl (C=O) groups is 1. The summed E-state index contributed by atoms with van der Waals surface area (Å²) in [6, 6.07) is 0. The summed E-state index contributed by atoms with van der Waals surface area (Å²) in [4.78, 5) is 11.7. The first-order valence-electron chi connectivity index (χ1n) is 4.94. The van der Waals surface area contributed by atoms with Crippen molar-refractivity contribution in [3.05, 3.63) is 0 Å². The fourth-order valence-corrected chi connectivity index (χ4v) is 1.47. The first-order chi connectivity index (χ1) is 6.04. The van der Waals surface area contributed by atoms with Crippen molar-refractivity contribution < 1.29 is 9.53 Å². The Morgan fingerprint density at radius 1 is 1.62 bits per heavy atom. The molecule has 1 atom stereocenters. The molecule has 0 saturated carbocycles. The van der Waals surface area contributed by atoms with Gasteiger partial charge in [0.2, 0.25) is 0 Å². The third-order valence-electron chi connectivity index (χ3n) is 2.56. The number of hydrogen-bond acceptors (Lipinski definition) is 3. The Morgan fingerprint density at radius 2 is 2.31 bits per heavy atom. The molecular weight excluding hydrogens is 166 g/mol. The second kappa shape index (κ2) is 4.20. The van der Waals surface area contributed by atoms with Gasteiger partial charge in [-0.3, -0.25) is 4.79 Å². The predicted octanol–water partition coefficient (Wildman–Crippen LogP) is 1.11. The number of Topliss-reactive ketones (excluding diaryl/α,β-unsaturated/α-hetero) is 1. The molecule has 0 aromatic carbocycles. The monoisotopic (exact) mass is 185 g/mol. The van der Waals surface area contributed by atoms with Crippen molar-refractivity contribution in [3.63, 3.8) is 0 Å². The quantitative estimate of drug-likeness (QED) is 0.713. The van der Waals surface area contributed by atoms with Crippen LogP contribution in [0.15, 0.2) is 0 Å². The number of nitrogens with two attached hydrogens (primary N) is 1. The van der Waals surface area contributed by atoms with Crippen LogP contribution < -0.4 is 5.73 Å². The summed E-state index contributed by atoms with van der Waals surface area (Å²) in [5.74, 6) is 0.730. The molecule has 1 heterocycles. The van der Waals surface area contributed by atoms with Crippen molar-refractivity contribution in [2.75, 3.05) is 13.2 Å². The van der Waals surface area contributed by atoms with Gasteiger partial charge < -0.3 is 10.5 Å². The van der Waals surface area contributed by atoms with Gasteiger partial charge in [0.1, 0.15) is 5.54 Å². The lowest BCUT2D eigenvalue weighted by atomic mass is 9.90. The molecule has 1 aliphatic rings. The van der Waals surface area contributed by atoms with Crippen LogP contribution in [0.4, 0.5) is 0 Å².